The van der Waals surface area contributed by atoms with Crippen LogP contribution >= 0.6 is 11.6 Å². The minimum absolute atomic E-state index is 0.0494. The average molecular weight is 232 g/mol. The number of aliphatic carboxylic acids is 1. The quantitative estimate of drug-likeness (QED) is 0.725. The second kappa shape index (κ2) is 4.37. The number of methoxy groups -OCH3 is 1. The molecule has 1 unspecified atom stereocenters. The van der Waals surface area contributed by atoms with Crippen molar-refractivity contribution in [3.8, 4) is 11.5 Å². The smallest absolute Gasteiger partial charge is 0.325 e. The van der Waals surface area contributed by atoms with Crippen LogP contribution in [0.2, 0.25) is 5.02 Å². The van der Waals surface area contributed by atoms with Crippen molar-refractivity contribution in [3.05, 3.63) is 22.7 Å². The van der Waals surface area contributed by atoms with Crippen LogP contribution in [-0.4, -0.2) is 23.3 Å². The van der Waals surface area contributed by atoms with Gasteiger partial charge in [0.25, 0.3) is 0 Å². The van der Waals surface area contributed by atoms with Crippen LogP contribution in [0.25, 0.3) is 0 Å². The summed E-state index contributed by atoms with van der Waals surface area (Å²) >= 11 is 5.72. The first-order valence-corrected chi connectivity index (χ1v) is 4.40. The van der Waals surface area contributed by atoms with E-state index in [9.17, 15) is 9.90 Å². The first-order chi connectivity index (χ1) is 6.99. The van der Waals surface area contributed by atoms with Crippen molar-refractivity contribution in [2.24, 2.45) is 5.73 Å². The van der Waals surface area contributed by atoms with Gasteiger partial charge in [-0.05, 0) is 12.1 Å². The summed E-state index contributed by atoms with van der Waals surface area (Å²) < 4.78 is 4.89. The van der Waals surface area contributed by atoms with Crippen LogP contribution in [-0.2, 0) is 4.79 Å². The zero-order valence-electron chi connectivity index (χ0n) is 7.90. The van der Waals surface area contributed by atoms with E-state index < -0.39 is 12.0 Å². The van der Waals surface area contributed by atoms with Gasteiger partial charge < -0.3 is 20.7 Å². The number of hydrogen-bond acceptors (Lipinski definition) is 4. The molecule has 0 radical (unpaired) electrons. The van der Waals surface area contributed by atoms with Crippen LogP contribution in [0.1, 0.15) is 11.6 Å². The van der Waals surface area contributed by atoms with Crippen LogP contribution in [0.4, 0.5) is 0 Å². The molecule has 0 aliphatic rings. The van der Waals surface area contributed by atoms with Crippen molar-refractivity contribution in [1.29, 1.82) is 0 Å². The fraction of sp³-hybridized carbons (Fsp3) is 0.222. The van der Waals surface area contributed by atoms with E-state index in [1.807, 2.05) is 0 Å². The number of hydrogen-bond donors (Lipinski definition) is 3. The van der Waals surface area contributed by atoms with Crippen LogP contribution < -0.4 is 10.5 Å². The SMILES string of the molecule is COc1c(C(N)C(=O)O)ccc(O)c1Cl. The number of carboxylic acid groups (broad SMARTS) is 1. The predicted octanol–water partition coefficient (Wildman–Crippen LogP) is 1.14. The number of phenols is 1. The van der Waals surface area contributed by atoms with Gasteiger partial charge in [-0.15, -0.1) is 0 Å². The molecule has 1 rings (SSSR count). The van der Waals surface area contributed by atoms with E-state index in [-0.39, 0.29) is 22.1 Å². The van der Waals surface area contributed by atoms with Gasteiger partial charge in [0, 0.05) is 5.56 Å². The van der Waals surface area contributed by atoms with Gasteiger partial charge in [-0.25, -0.2) is 0 Å². The van der Waals surface area contributed by atoms with Gasteiger partial charge in [0.2, 0.25) is 0 Å². The fourth-order valence-corrected chi connectivity index (χ4v) is 1.40. The maximum absolute atomic E-state index is 10.7. The lowest BCUT2D eigenvalue weighted by Crippen LogP contribution is -2.21. The average Bonchev–Trinajstić information content (AvgIpc) is 2.20. The molecule has 0 saturated heterocycles. The molecular formula is C9H10ClNO4. The maximum Gasteiger partial charge on any atom is 0.325 e. The first kappa shape index (κ1) is 11.6. The molecule has 82 valence electrons. The van der Waals surface area contributed by atoms with Crippen molar-refractivity contribution in [2.75, 3.05) is 7.11 Å². The summed E-state index contributed by atoms with van der Waals surface area (Å²) in [6.45, 7) is 0. The largest absolute Gasteiger partial charge is 0.506 e. The highest BCUT2D eigenvalue weighted by Crippen LogP contribution is 2.38. The Balaban J connectivity index is 3.30. The molecular weight excluding hydrogens is 222 g/mol. The third kappa shape index (κ3) is 2.14. The number of ether oxygens (including phenoxy) is 1. The normalized spacial score (nSPS) is 12.2. The molecule has 0 aromatic heterocycles. The fourth-order valence-electron chi connectivity index (χ4n) is 1.15. The van der Waals surface area contributed by atoms with Crippen LogP contribution in [0.5, 0.6) is 11.5 Å². The van der Waals surface area contributed by atoms with E-state index >= 15 is 0 Å². The lowest BCUT2D eigenvalue weighted by atomic mass is 10.1. The molecule has 5 nitrogen and oxygen atoms in total. The van der Waals surface area contributed by atoms with Crippen molar-refractivity contribution < 1.29 is 19.7 Å². The van der Waals surface area contributed by atoms with Crippen molar-refractivity contribution in [1.82, 2.24) is 0 Å². The second-order valence-electron chi connectivity index (χ2n) is 2.84. The molecule has 4 N–H and O–H groups in total. The third-order valence-corrected chi connectivity index (χ3v) is 2.28. The van der Waals surface area contributed by atoms with E-state index in [1.165, 1.54) is 19.2 Å². The number of carboxylic acids is 1. The highest BCUT2D eigenvalue weighted by Gasteiger charge is 2.22. The Morgan fingerprint density at radius 2 is 2.20 bits per heavy atom. The summed E-state index contributed by atoms with van der Waals surface area (Å²) in [7, 11) is 1.32. The van der Waals surface area contributed by atoms with E-state index in [1.54, 1.807) is 0 Å². The van der Waals surface area contributed by atoms with E-state index in [2.05, 4.69) is 0 Å². The summed E-state index contributed by atoms with van der Waals surface area (Å²) in [5, 5.41) is 18.0. The Kier molecular flexibility index (Phi) is 3.39. The molecule has 0 spiro atoms. The molecule has 0 bridgehead atoms. The van der Waals surface area contributed by atoms with Crippen molar-refractivity contribution in [3.63, 3.8) is 0 Å². The Morgan fingerprint density at radius 3 is 2.67 bits per heavy atom. The Morgan fingerprint density at radius 1 is 1.60 bits per heavy atom. The van der Waals surface area contributed by atoms with E-state index in [0.29, 0.717) is 0 Å². The predicted molar refractivity (Wildman–Crippen MR) is 54.2 cm³/mol. The summed E-state index contributed by atoms with van der Waals surface area (Å²) in [6, 6.07) is 1.39. The lowest BCUT2D eigenvalue weighted by molar-refractivity contribution is -0.138. The molecule has 6 heteroatoms. The number of aromatic hydroxyl groups is 1. The Bertz CT molecular complexity index is 394. The van der Waals surface area contributed by atoms with Crippen LogP contribution in [0, 0.1) is 0 Å². The zero-order valence-corrected chi connectivity index (χ0v) is 8.65. The van der Waals surface area contributed by atoms with Gasteiger partial charge in [-0.2, -0.15) is 0 Å². The molecule has 0 amide bonds. The zero-order chi connectivity index (χ0) is 11.6. The van der Waals surface area contributed by atoms with E-state index in [4.69, 9.17) is 27.2 Å². The van der Waals surface area contributed by atoms with Gasteiger partial charge in [-0.1, -0.05) is 11.6 Å². The molecule has 0 heterocycles. The summed E-state index contributed by atoms with van der Waals surface area (Å²) in [4.78, 5) is 10.7. The molecule has 0 aliphatic heterocycles. The van der Waals surface area contributed by atoms with Gasteiger partial charge >= 0.3 is 5.97 Å². The highest BCUT2D eigenvalue weighted by atomic mass is 35.5. The minimum atomic E-state index is -1.24. The molecule has 0 fully saturated rings. The number of halogens is 1. The Hall–Kier alpha value is -1.46. The molecule has 1 atom stereocenters. The first-order valence-electron chi connectivity index (χ1n) is 4.02. The maximum atomic E-state index is 10.7. The van der Waals surface area contributed by atoms with Crippen molar-refractivity contribution >= 4 is 17.6 Å². The van der Waals surface area contributed by atoms with Crippen LogP contribution in [0.15, 0.2) is 12.1 Å². The van der Waals surface area contributed by atoms with Gasteiger partial charge in [0.15, 0.2) is 0 Å². The highest BCUT2D eigenvalue weighted by molar-refractivity contribution is 6.33. The summed E-state index contributed by atoms with van der Waals surface area (Å²) in [5.41, 5.74) is 5.63. The van der Waals surface area contributed by atoms with Gasteiger partial charge in [0.1, 0.15) is 22.6 Å². The van der Waals surface area contributed by atoms with Gasteiger partial charge in [0.05, 0.1) is 7.11 Å². The number of nitrogens with two attached hydrogens (primary N) is 1. The van der Waals surface area contributed by atoms with Crippen molar-refractivity contribution in [2.45, 2.75) is 6.04 Å². The second-order valence-corrected chi connectivity index (χ2v) is 3.22. The van der Waals surface area contributed by atoms with Crippen LogP contribution in [0.3, 0.4) is 0 Å². The molecule has 1 aromatic carbocycles. The number of benzene rings is 1. The molecule has 0 saturated carbocycles. The minimum Gasteiger partial charge on any atom is -0.506 e. The number of carbonyl (C=O) groups is 1. The molecule has 15 heavy (non-hydrogen) atoms. The molecule has 0 aliphatic carbocycles. The Labute approximate surface area is 91.0 Å². The third-order valence-electron chi connectivity index (χ3n) is 1.91. The van der Waals surface area contributed by atoms with Gasteiger partial charge in [-0.3, -0.25) is 4.79 Å². The van der Waals surface area contributed by atoms with E-state index in [0.717, 1.165) is 0 Å². The number of rotatable bonds is 3. The lowest BCUT2D eigenvalue weighted by Gasteiger charge is -2.13. The monoisotopic (exact) mass is 231 g/mol. The molecule has 1 aromatic rings. The number of phenolic OH excluding ortho intramolecular Hbond substituents is 1. The topological polar surface area (TPSA) is 92.8 Å². The summed E-state index contributed by atoms with van der Waals surface area (Å²) in [6.07, 6.45) is 0. The summed E-state index contributed by atoms with van der Waals surface area (Å²) in [5.74, 6) is -1.31. The standard InChI is InChI=1S/C9H10ClNO4/c1-15-8-4(7(11)9(13)14)2-3-5(12)6(8)10/h2-3,7,12H,11H2,1H3,(H,13,14).